The highest BCUT2D eigenvalue weighted by Gasteiger charge is 2.61. The highest BCUT2D eigenvalue weighted by atomic mass is 19.1. The van der Waals surface area contributed by atoms with Crippen LogP contribution in [-0.2, 0) is 44.5 Å². The molecular formula is C41H62FN3O10. The summed E-state index contributed by atoms with van der Waals surface area (Å²) in [6.45, 7) is 16.9. The number of hydrogen-bond acceptors (Lipinski definition) is 12. The number of carbonyl (C=O) groups excluding carboxylic acids is 4. The molecule has 13 nitrogen and oxygen atoms in total. The number of unbranched alkanes of at least 4 members (excludes halogenated alkanes) is 1. The highest BCUT2D eigenvalue weighted by molar-refractivity contribution is 6.08. The van der Waals surface area contributed by atoms with Crippen LogP contribution in [0.25, 0.3) is 0 Å². The van der Waals surface area contributed by atoms with E-state index in [1.807, 2.05) is 19.1 Å². The standard InChI is InChI=1S/C41H62FN3O10/c1-11-18-44-29-22-25(4)52-36(32(29)47)54-35-27(6)34(48)40(8,42)37(49)53-30(12-2)41(9)33(26(5)31(46)24(3)23-39(35,7)51-10)45(38(50)55-41)21-14-13-15-28-16-19-43-20-17-28/h11,16-17,19-20,24-27,29-30,32-33,35-36,44,47H,1,12-15,18,21-23H2,2-10H3/t24-,25-,26+,27-,29+,30-,32+,33?,35-,36+,39-,40+,41-/m1/s1. The van der Waals surface area contributed by atoms with Crippen LogP contribution < -0.4 is 5.32 Å². The van der Waals surface area contributed by atoms with E-state index in [0.717, 1.165) is 25.3 Å². The first-order valence-electron chi connectivity index (χ1n) is 19.6. The number of nitrogens with zero attached hydrogens (tertiary/aromatic N) is 2. The van der Waals surface area contributed by atoms with Crippen molar-refractivity contribution in [3.8, 4) is 0 Å². The van der Waals surface area contributed by atoms with Crippen molar-refractivity contribution < 1.29 is 52.4 Å². The number of esters is 1. The molecule has 0 spiro atoms. The number of pyridine rings is 1. The zero-order chi connectivity index (χ0) is 40.9. The van der Waals surface area contributed by atoms with Gasteiger partial charge in [0.05, 0.1) is 23.9 Å². The molecule has 14 heteroatoms. The van der Waals surface area contributed by atoms with Gasteiger partial charge < -0.3 is 39.0 Å². The molecule has 0 aliphatic carbocycles. The Morgan fingerprint density at radius 1 is 1.09 bits per heavy atom. The fourth-order valence-electron chi connectivity index (χ4n) is 8.82. The van der Waals surface area contributed by atoms with E-state index in [9.17, 15) is 24.3 Å². The van der Waals surface area contributed by atoms with E-state index in [1.54, 1.807) is 53.1 Å². The van der Waals surface area contributed by atoms with Crippen molar-refractivity contribution >= 4 is 23.6 Å². The largest absolute Gasteiger partial charge is 0.455 e. The lowest BCUT2D eigenvalue weighted by Crippen LogP contribution is -2.62. The monoisotopic (exact) mass is 775 g/mol. The van der Waals surface area contributed by atoms with Gasteiger partial charge in [-0.05, 0) is 83.9 Å². The van der Waals surface area contributed by atoms with E-state index in [1.165, 1.54) is 18.9 Å². The first-order valence-corrected chi connectivity index (χ1v) is 19.6. The summed E-state index contributed by atoms with van der Waals surface area (Å²) in [4.78, 5) is 61.9. The molecule has 2 N–H and O–H groups in total. The number of Topliss-reactive ketones (excluding diaryl/α,β-unsaturated/α-hetero) is 2. The molecule has 0 bridgehead atoms. The van der Waals surface area contributed by atoms with Gasteiger partial charge in [-0.2, -0.15) is 0 Å². The van der Waals surface area contributed by atoms with Gasteiger partial charge in [-0.3, -0.25) is 14.6 Å². The highest BCUT2D eigenvalue weighted by Crippen LogP contribution is 2.43. The Labute approximate surface area is 325 Å². The lowest BCUT2D eigenvalue weighted by molar-refractivity contribution is -0.290. The molecule has 4 rings (SSSR count). The van der Waals surface area contributed by atoms with E-state index in [4.69, 9.17) is 23.7 Å². The third-order valence-electron chi connectivity index (χ3n) is 11.9. The van der Waals surface area contributed by atoms with Crippen molar-refractivity contribution in [3.05, 3.63) is 42.7 Å². The van der Waals surface area contributed by atoms with Gasteiger partial charge in [0.15, 0.2) is 17.7 Å². The van der Waals surface area contributed by atoms with Crippen molar-refractivity contribution in [3.63, 3.8) is 0 Å². The molecule has 3 saturated heterocycles. The first kappa shape index (κ1) is 44.4. The number of rotatable bonds is 12. The summed E-state index contributed by atoms with van der Waals surface area (Å²) in [5, 5.41) is 14.6. The molecule has 1 unspecified atom stereocenters. The van der Waals surface area contributed by atoms with Crippen LogP contribution in [0, 0.1) is 17.8 Å². The first-order chi connectivity index (χ1) is 25.9. The second-order valence-electron chi connectivity index (χ2n) is 16.2. The van der Waals surface area contributed by atoms with Gasteiger partial charge in [-0.25, -0.2) is 14.0 Å². The number of fused-ring (bicyclic) bond motifs is 1. The Kier molecular flexibility index (Phi) is 14.8. The molecule has 4 heterocycles. The molecule has 1 amide bonds. The van der Waals surface area contributed by atoms with Crippen LogP contribution in [0.3, 0.4) is 0 Å². The molecule has 1 aromatic heterocycles. The number of aromatic nitrogens is 1. The number of cyclic esters (lactones) is 1. The molecule has 0 aromatic carbocycles. The molecule has 3 aliphatic heterocycles. The lowest BCUT2D eigenvalue weighted by atomic mass is 9.73. The fraction of sp³-hybridized carbons (Fsp3) is 0.732. The molecular weight excluding hydrogens is 713 g/mol. The topological polar surface area (TPSA) is 163 Å². The van der Waals surface area contributed by atoms with E-state index < -0.39 is 89.2 Å². The number of amides is 1. The maximum absolute atomic E-state index is 16.8. The number of aryl methyl sites for hydroxylation is 1. The third-order valence-corrected chi connectivity index (χ3v) is 11.9. The minimum absolute atomic E-state index is 0.000293. The van der Waals surface area contributed by atoms with Crippen molar-refractivity contribution in [2.24, 2.45) is 17.8 Å². The fourth-order valence-corrected chi connectivity index (χ4v) is 8.82. The Hall–Kier alpha value is -3.30. The van der Waals surface area contributed by atoms with Gasteiger partial charge >= 0.3 is 12.1 Å². The van der Waals surface area contributed by atoms with Crippen LogP contribution >= 0.6 is 0 Å². The Morgan fingerprint density at radius 2 is 1.76 bits per heavy atom. The minimum atomic E-state index is -3.17. The van der Waals surface area contributed by atoms with Crippen molar-refractivity contribution in [1.29, 1.82) is 0 Å². The van der Waals surface area contributed by atoms with Crippen LogP contribution in [0.15, 0.2) is 37.2 Å². The number of alkyl halides is 1. The summed E-state index contributed by atoms with van der Waals surface area (Å²) < 4.78 is 47.3. The Morgan fingerprint density at radius 3 is 2.38 bits per heavy atom. The van der Waals surface area contributed by atoms with Crippen LogP contribution in [0.5, 0.6) is 0 Å². The van der Waals surface area contributed by atoms with Crippen molar-refractivity contribution in [2.75, 3.05) is 20.2 Å². The van der Waals surface area contributed by atoms with Gasteiger partial charge in [0.25, 0.3) is 5.67 Å². The second kappa shape index (κ2) is 18.3. The average molecular weight is 776 g/mol. The number of ether oxygens (including phenoxy) is 5. The van der Waals surface area contributed by atoms with Crippen molar-refractivity contribution in [2.45, 2.75) is 154 Å². The average Bonchev–Trinajstić information content (AvgIpc) is 3.42. The number of ketones is 2. The SMILES string of the molecule is C=CCN[C@H]1C[C@@H](C)O[C@@H](O[C@@H]2[C@H](C)C(=O)[C@](C)(F)C(=O)O[C@H](CC)[C@@]3(C)OC(=O)N(CCCCc4ccncc4)C3[C@@H](C)C(=O)[C@H](C)C[C@@]2(C)OC)[C@H]1O. The molecule has 308 valence electrons. The molecule has 13 atom stereocenters. The second-order valence-corrected chi connectivity index (χ2v) is 16.2. The van der Waals surface area contributed by atoms with Gasteiger partial charge in [-0.15, -0.1) is 6.58 Å². The summed E-state index contributed by atoms with van der Waals surface area (Å²) in [6, 6.07) is 2.50. The summed E-state index contributed by atoms with van der Waals surface area (Å²) in [5.74, 6) is -5.76. The van der Waals surface area contributed by atoms with E-state index in [-0.39, 0.29) is 31.3 Å². The smallest absolute Gasteiger partial charge is 0.410 e. The molecule has 0 saturated carbocycles. The van der Waals surface area contributed by atoms with Crippen LogP contribution in [0.1, 0.15) is 93.1 Å². The number of nitrogens with one attached hydrogen (secondary N) is 1. The normalized spacial score (nSPS) is 39.2. The summed E-state index contributed by atoms with van der Waals surface area (Å²) in [5.41, 5.74) is -5.09. The molecule has 0 radical (unpaired) electrons. The number of carbonyl (C=O) groups is 4. The zero-order valence-corrected chi connectivity index (χ0v) is 33.9. The quantitative estimate of drug-likeness (QED) is 0.128. The number of halogens is 1. The summed E-state index contributed by atoms with van der Waals surface area (Å²) in [7, 11) is 1.40. The van der Waals surface area contributed by atoms with E-state index in [0.29, 0.717) is 19.4 Å². The minimum Gasteiger partial charge on any atom is -0.455 e. The molecule has 55 heavy (non-hydrogen) atoms. The van der Waals surface area contributed by atoms with Crippen LogP contribution in [0.4, 0.5) is 9.18 Å². The van der Waals surface area contributed by atoms with Gasteiger partial charge in [-0.1, -0.05) is 33.8 Å². The summed E-state index contributed by atoms with van der Waals surface area (Å²) in [6.07, 6.45) is 1.70. The number of aliphatic hydroxyl groups excluding tert-OH is 1. The van der Waals surface area contributed by atoms with Crippen LogP contribution in [0.2, 0.25) is 0 Å². The van der Waals surface area contributed by atoms with Gasteiger partial charge in [0.2, 0.25) is 0 Å². The van der Waals surface area contributed by atoms with E-state index >= 15 is 4.39 Å². The number of aliphatic hydroxyl groups is 1. The van der Waals surface area contributed by atoms with Gasteiger partial charge in [0.1, 0.15) is 18.0 Å². The van der Waals surface area contributed by atoms with Crippen LogP contribution in [-0.4, -0.2) is 118 Å². The maximum Gasteiger partial charge on any atom is 0.410 e. The molecule has 1 aromatic rings. The summed E-state index contributed by atoms with van der Waals surface area (Å²) >= 11 is 0. The van der Waals surface area contributed by atoms with E-state index in [2.05, 4.69) is 16.9 Å². The number of methoxy groups -OCH3 is 1. The Balaban J connectivity index is 1.74. The lowest BCUT2D eigenvalue weighted by Gasteiger charge is -2.46. The Bertz CT molecular complexity index is 1510. The molecule has 3 aliphatic rings. The van der Waals surface area contributed by atoms with Crippen molar-refractivity contribution in [1.82, 2.24) is 15.2 Å². The maximum atomic E-state index is 16.8. The predicted molar refractivity (Wildman–Crippen MR) is 202 cm³/mol. The predicted octanol–water partition coefficient (Wildman–Crippen LogP) is 4.91. The zero-order valence-electron chi connectivity index (χ0n) is 33.9. The number of hydrogen-bond donors (Lipinski definition) is 2. The molecule has 3 fully saturated rings. The third kappa shape index (κ3) is 9.47. The van der Waals surface area contributed by atoms with Gasteiger partial charge in [0, 0.05) is 56.4 Å².